The van der Waals surface area contributed by atoms with Crippen LogP contribution in [0.15, 0.2) is 41.3 Å². The van der Waals surface area contributed by atoms with Crippen LogP contribution < -0.4 is 10.2 Å². The number of halogens is 5. The number of hydrogen-bond donors (Lipinski definition) is 1. The normalized spacial score (nSPS) is 12.4. The maximum atomic E-state index is 12.7. The average molecular weight is 368 g/mol. The number of nitrogens with one attached hydrogen (secondary N) is 1. The van der Waals surface area contributed by atoms with E-state index >= 15 is 0 Å². The number of rotatable bonds is 4. The fourth-order valence-corrected chi connectivity index (χ4v) is 2.05. The number of benzene rings is 1. The lowest BCUT2D eigenvalue weighted by Gasteiger charge is -2.15. The molecule has 8 heteroatoms. The van der Waals surface area contributed by atoms with Crippen LogP contribution in [-0.4, -0.2) is 11.2 Å². The summed E-state index contributed by atoms with van der Waals surface area (Å²) in [6, 6.07) is 8.99. The lowest BCUT2D eigenvalue weighted by atomic mass is 10.1. The zero-order valence-electron chi connectivity index (χ0n) is 12.0. The number of aromatic amines is 1. The van der Waals surface area contributed by atoms with Crippen LogP contribution in [0.3, 0.4) is 0 Å². The van der Waals surface area contributed by atoms with Crippen molar-refractivity contribution < 1.29 is 17.9 Å². The quantitative estimate of drug-likeness (QED) is 0.806. The van der Waals surface area contributed by atoms with Gasteiger partial charge in [0.2, 0.25) is 5.43 Å². The van der Waals surface area contributed by atoms with Gasteiger partial charge in [-0.05, 0) is 12.5 Å². The van der Waals surface area contributed by atoms with E-state index in [2.05, 4.69) is 4.98 Å². The minimum Gasteiger partial charge on any atom is -0.483 e. The molecule has 0 saturated carbocycles. The number of ether oxygens (including phenoxy) is 1. The molecule has 1 aromatic carbocycles. The number of hydrogen-bond acceptors (Lipinski definition) is 2. The van der Waals surface area contributed by atoms with Crippen LogP contribution in [0, 0.1) is 6.92 Å². The number of H-pyrrole nitrogens is 1. The summed E-state index contributed by atoms with van der Waals surface area (Å²) in [6.45, 7) is 1.62. The highest BCUT2D eigenvalue weighted by molar-refractivity contribution is 6.21. The van der Waals surface area contributed by atoms with Crippen LogP contribution in [0.4, 0.5) is 13.2 Å². The van der Waals surface area contributed by atoms with E-state index in [1.165, 1.54) is 0 Å². The molecule has 0 bridgehead atoms. The average Bonchev–Trinajstić information content (AvgIpc) is 2.46. The maximum Gasteiger partial charge on any atom is 0.409 e. The lowest BCUT2D eigenvalue weighted by molar-refractivity contribution is -0.131. The molecule has 2 aromatic rings. The third kappa shape index (κ3) is 4.65. The van der Waals surface area contributed by atoms with Crippen LogP contribution in [-0.2, 0) is 6.61 Å². The highest BCUT2D eigenvalue weighted by Crippen LogP contribution is 2.37. The molecule has 0 aliphatic rings. The van der Waals surface area contributed by atoms with Gasteiger partial charge in [-0.15, -0.1) is 24.0 Å². The smallest absolute Gasteiger partial charge is 0.409 e. The highest BCUT2D eigenvalue weighted by atomic mass is 35.5. The minimum atomic E-state index is -4.71. The Morgan fingerprint density at radius 2 is 1.87 bits per heavy atom. The summed E-state index contributed by atoms with van der Waals surface area (Å²) >= 11 is 5.33. The highest BCUT2D eigenvalue weighted by Gasteiger charge is 2.41. The monoisotopic (exact) mass is 367 g/mol. The van der Waals surface area contributed by atoms with Crippen molar-refractivity contribution in [2.45, 2.75) is 25.1 Å². The van der Waals surface area contributed by atoms with Crippen molar-refractivity contribution in [1.29, 1.82) is 0 Å². The van der Waals surface area contributed by atoms with Crippen molar-refractivity contribution in [3.05, 3.63) is 63.6 Å². The van der Waals surface area contributed by atoms with Crippen LogP contribution in [0.1, 0.15) is 22.2 Å². The molecular formula is C15H14Cl2F3NO2. The molecule has 126 valence electrons. The Balaban J connectivity index is 0.00000264. The van der Waals surface area contributed by atoms with Gasteiger partial charge in [0.15, 0.2) is 11.1 Å². The molecule has 1 N–H and O–H groups in total. The SMILES string of the molecule is Cc1[nH]cc(C(Cl)C(F)(F)F)c(=O)c1OCc1ccccc1.Cl. The summed E-state index contributed by atoms with van der Waals surface area (Å²) < 4.78 is 43.4. The van der Waals surface area contributed by atoms with Gasteiger partial charge < -0.3 is 9.72 Å². The molecule has 3 nitrogen and oxygen atoms in total. The van der Waals surface area contributed by atoms with E-state index in [1.807, 2.05) is 6.07 Å². The second-order valence-electron chi connectivity index (χ2n) is 4.71. The Labute approximate surface area is 141 Å². The van der Waals surface area contributed by atoms with E-state index in [9.17, 15) is 18.0 Å². The summed E-state index contributed by atoms with van der Waals surface area (Å²) in [7, 11) is 0. The molecule has 1 atom stereocenters. The Bertz CT molecular complexity index is 702. The summed E-state index contributed by atoms with van der Waals surface area (Å²) in [5.41, 5.74) is -0.298. The predicted octanol–water partition coefficient (Wildman–Crippen LogP) is 4.53. The molecule has 0 spiro atoms. The number of alkyl halides is 4. The molecule has 2 rings (SSSR count). The Morgan fingerprint density at radius 3 is 2.43 bits per heavy atom. The Morgan fingerprint density at radius 1 is 1.26 bits per heavy atom. The third-order valence-electron chi connectivity index (χ3n) is 3.04. The fraction of sp³-hybridized carbons (Fsp3) is 0.267. The molecule has 0 radical (unpaired) electrons. The fourth-order valence-electron chi connectivity index (χ4n) is 1.89. The van der Waals surface area contributed by atoms with Crippen molar-refractivity contribution in [3.8, 4) is 5.75 Å². The van der Waals surface area contributed by atoms with Gasteiger partial charge in [0.25, 0.3) is 0 Å². The standard InChI is InChI=1S/C15H13ClF3NO2.ClH/c1-9-13(22-8-10-5-3-2-4-6-10)12(21)11(7-20-9)14(16)15(17,18)19;/h2-7,14H,8H2,1H3,(H,20,21);1H. The van der Waals surface area contributed by atoms with E-state index in [1.54, 1.807) is 31.2 Å². The van der Waals surface area contributed by atoms with Gasteiger partial charge in [0.1, 0.15) is 6.61 Å². The number of aromatic nitrogens is 1. The predicted molar refractivity (Wildman–Crippen MR) is 84.5 cm³/mol. The van der Waals surface area contributed by atoms with Crippen LogP contribution >= 0.6 is 24.0 Å². The zero-order valence-corrected chi connectivity index (χ0v) is 13.6. The molecule has 0 aliphatic carbocycles. The lowest BCUT2D eigenvalue weighted by Crippen LogP contribution is -2.24. The van der Waals surface area contributed by atoms with Gasteiger partial charge in [-0.3, -0.25) is 4.79 Å². The molecule has 0 fully saturated rings. The van der Waals surface area contributed by atoms with Crippen molar-refractivity contribution in [1.82, 2.24) is 4.98 Å². The first kappa shape index (κ1) is 19.4. The van der Waals surface area contributed by atoms with Crippen LogP contribution in [0.5, 0.6) is 5.75 Å². The number of aryl methyl sites for hydroxylation is 1. The third-order valence-corrected chi connectivity index (χ3v) is 3.52. The maximum absolute atomic E-state index is 12.7. The molecule has 0 saturated heterocycles. The molecule has 1 unspecified atom stereocenters. The van der Waals surface area contributed by atoms with Gasteiger partial charge in [0, 0.05) is 11.8 Å². The van der Waals surface area contributed by atoms with Gasteiger partial charge in [-0.1, -0.05) is 30.3 Å². The van der Waals surface area contributed by atoms with Gasteiger partial charge >= 0.3 is 6.18 Å². The van der Waals surface area contributed by atoms with Crippen molar-refractivity contribution in [2.75, 3.05) is 0 Å². The first-order valence-corrected chi connectivity index (χ1v) is 6.84. The molecule has 1 heterocycles. The number of pyridine rings is 1. The van der Waals surface area contributed by atoms with E-state index in [-0.39, 0.29) is 24.8 Å². The summed E-state index contributed by atoms with van der Waals surface area (Å²) in [5, 5.41) is -2.38. The molecule has 0 aliphatic heterocycles. The largest absolute Gasteiger partial charge is 0.483 e. The molecule has 1 aromatic heterocycles. The first-order chi connectivity index (χ1) is 10.3. The van der Waals surface area contributed by atoms with Crippen LogP contribution in [0.25, 0.3) is 0 Å². The summed E-state index contributed by atoms with van der Waals surface area (Å²) in [5.74, 6) is -0.156. The molecule has 0 amide bonds. The summed E-state index contributed by atoms with van der Waals surface area (Å²) in [6.07, 6.45) is -3.74. The van der Waals surface area contributed by atoms with Crippen molar-refractivity contribution in [2.24, 2.45) is 0 Å². The summed E-state index contributed by atoms with van der Waals surface area (Å²) in [4.78, 5) is 14.8. The topological polar surface area (TPSA) is 42.1 Å². The van der Waals surface area contributed by atoms with Gasteiger partial charge in [-0.25, -0.2) is 0 Å². The van der Waals surface area contributed by atoms with Crippen LogP contribution in [0.2, 0.25) is 0 Å². The van der Waals surface area contributed by atoms with Crippen molar-refractivity contribution in [3.63, 3.8) is 0 Å². The Hall–Kier alpha value is -1.66. The second-order valence-corrected chi connectivity index (χ2v) is 5.14. The van der Waals surface area contributed by atoms with E-state index < -0.39 is 22.5 Å². The molecule has 23 heavy (non-hydrogen) atoms. The van der Waals surface area contributed by atoms with E-state index in [4.69, 9.17) is 16.3 Å². The van der Waals surface area contributed by atoms with Crippen molar-refractivity contribution >= 4 is 24.0 Å². The zero-order chi connectivity index (χ0) is 16.3. The first-order valence-electron chi connectivity index (χ1n) is 6.40. The van der Waals surface area contributed by atoms with Gasteiger partial charge in [-0.2, -0.15) is 13.2 Å². The second kappa shape index (κ2) is 7.75. The molecular weight excluding hydrogens is 354 g/mol. The van der Waals surface area contributed by atoms with Gasteiger partial charge in [0.05, 0.1) is 5.69 Å². The van der Waals surface area contributed by atoms with E-state index in [0.717, 1.165) is 11.8 Å². The minimum absolute atomic E-state index is 0. The Kier molecular flexibility index (Phi) is 6.53. The van der Waals surface area contributed by atoms with E-state index in [0.29, 0.717) is 5.69 Å².